The average molecular weight is 298 g/mol. The molecule has 0 aliphatic rings. The lowest BCUT2D eigenvalue weighted by molar-refractivity contribution is 0.0912. The van der Waals surface area contributed by atoms with Crippen LogP contribution in [0, 0.1) is 0 Å². The van der Waals surface area contributed by atoms with Crippen molar-refractivity contribution in [3.05, 3.63) is 35.4 Å². The molecule has 17 heavy (non-hydrogen) atoms. The quantitative estimate of drug-likeness (QED) is 0.828. The molecule has 0 saturated heterocycles. The van der Waals surface area contributed by atoms with E-state index in [1.54, 1.807) is 0 Å². The Kier molecular flexibility index (Phi) is 5.19. The number of hydrogen-bond donors (Lipinski definition) is 1. The van der Waals surface area contributed by atoms with Crippen LogP contribution in [-0.4, -0.2) is 16.8 Å². The molecule has 2 nitrogen and oxygen atoms in total. The third kappa shape index (κ3) is 4.50. The first-order valence-corrected chi connectivity index (χ1v) is 7.08. The number of benzene rings is 1. The highest BCUT2D eigenvalue weighted by Gasteiger charge is 2.20. The zero-order chi connectivity index (χ0) is 12.9. The maximum absolute atomic E-state index is 12.0. The van der Waals surface area contributed by atoms with E-state index in [1.807, 2.05) is 38.1 Å². The van der Waals surface area contributed by atoms with Gasteiger partial charge in [-0.15, -0.1) is 0 Å². The Hall–Kier alpha value is -0.830. The molecule has 1 aromatic rings. The molecule has 0 fully saturated rings. The second kappa shape index (κ2) is 6.20. The summed E-state index contributed by atoms with van der Waals surface area (Å²) in [4.78, 5) is 12.0. The summed E-state index contributed by atoms with van der Waals surface area (Å²) in [5.41, 5.74) is 1.80. The number of aryl methyl sites for hydroxylation is 1. The van der Waals surface area contributed by atoms with Crippen molar-refractivity contribution in [3.8, 4) is 0 Å². The minimum absolute atomic E-state index is 0.00129. The van der Waals surface area contributed by atoms with Crippen LogP contribution in [-0.2, 0) is 6.42 Å². The molecule has 1 N–H and O–H groups in total. The molecule has 1 rings (SSSR count). The lowest BCUT2D eigenvalue weighted by atomic mass is 10.0. The third-order valence-electron chi connectivity index (χ3n) is 2.80. The number of carbonyl (C=O) groups excluding carboxylic acids is 1. The predicted molar refractivity (Wildman–Crippen MR) is 75.8 cm³/mol. The Morgan fingerprint density at radius 2 is 1.88 bits per heavy atom. The Morgan fingerprint density at radius 3 is 2.35 bits per heavy atom. The maximum atomic E-state index is 12.0. The standard InChI is InChI=1S/C14H20BrNO/c1-4-11-5-7-12(8-6-11)13(17)16-14(2,3)9-10-15/h5-8H,4,9-10H2,1-3H3,(H,16,17). The van der Waals surface area contributed by atoms with Gasteiger partial charge in [-0.1, -0.05) is 35.0 Å². The van der Waals surface area contributed by atoms with E-state index in [0.717, 1.165) is 23.7 Å². The SMILES string of the molecule is CCc1ccc(C(=O)NC(C)(C)CCBr)cc1. The van der Waals surface area contributed by atoms with Crippen molar-refractivity contribution < 1.29 is 4.79 Å². The Labute approximate surface area is 112 Å². The maximum Gasteiger partial charge on any atom is 0.251 e. The zero-order valence-corrected chi connectivity index (χ0v) is 12.3. The van der Waals surface area contributed by atoms with Crippen molar-refractivity contribution in [1.29, 1.82) is 0 Å². The van der Waals surface area contributed by atoms with Crippen LogP contribution in [0.5, 0.6) is 0 Å². The van der Waals surface area contributed by atoms with Gasteiger partial charge in [-0.05, 0) is 44.4 Å². The minimum atomic E-state index is -0.177. The van der Waals surface area contributed by atoms with Crippen LogP contribution in [0.1, 0.15) is 43.1 Å². The molecule has 0 heterocycles. The molecule has 0 radical (unpaired) electrons. The molecule has 0 saturated carbocycles. The molecule has 94 valence electrons. The lowest BCUT2D eigenvalue weighted by Crippen LogP contribution is -2.43. The van der Waals surface area contributed by atoms with Gasteiger partial charge < -0.3 is 5.32 Å². The number of hydrogen-bond acceptors (Lipinski definition) is 1. The summed E-state index contributed by atoms with van der Waals surface area (Å²) >= 11 is 3.40. The molecule has 0 aliphatic heterocycles. The highest BCUT2D eigenvalue weighted by molar-refractivity contribution is 9.09. The van der Waals surface area contributed by atoms with Gasteiger partial charge in [-0.3, -0.25) is 4.79 Å². The fourth-order valence-electron chi connectivity index (χ4n) is 1.57. The van der Waals surface area contributed by atoms with Crippen molar-refractivity contribution in [1.82, 2.24) is 5.32 Å². The van der Waals surface area contributed by atoms with Gasteiger partial charge in [0.05, 0.1) is 0 Å². The molecule has 0 atom stereocenters. The van der Waals surface area contributed by atoms with Crippen molar-refractivity contribution in [2.45, 2.75) is 39.2 Å². The summed E-state index contributed by atoms with van der Waals surface area (Å²) in [6, 6.07) is 7.79. The second-order valence-corrected chi connectivity index (χ2v) is 5.62. The Morgan fingerprint density at radius 1 is 1.29 bits per heavy atom. The summed E-state index contributed by atoms with van der Waals surface area (Å²) < 4.78 is 0. The largest absolute Gasteiger partial charge is 0.347 e. The van der Waals surface area contributed by atoms with Crippen molar-refractivity contribution in [2.24, 2.45) is 0 Å². The van der Waals surface area contributed by atoms with Gasteiger partial charge in [-0.2, -0.15) is 0 Å². The van der Waals surface area contributed by atoms with Crippen LogP contribution in [0.4, 0.5) is 0 Å². The normalized spacial score (nSPS) is 11.3. The summed E-state index contributed by atoms with van der Waals surface area (Å²) in [6.07, 6.45) is 1.91. The fraction of sp³-hybridized carbons (Fsp3) is 0.500. The molecule has 0 aromatic heterocycles. The summed E-state index contributed by atoms with van der Waals surface area (Å²) in [5.74, 6) is -0.00129. The first-order chi connectivity index (χ1) is 7.98. The molecule has 0 bridgehead atoms. The molecular formula is C14H20BrNO. The van der Waals surface area contributed by atoms with Crippen molar-refractivity contribution in [3.63, 3.8) is 0 Å². The summed E-state index contributed by atoms with van der Waals surface area (Å²) in [6.45, 7) is 6.17. The summed E-state index contributed by atoms with van der Waals surface area (Å²) in [7, 11) is 0. The highest BCUT2D eigenvalue weighted by Crippen LogP contribution is 2.12. The van der Waals surface area contributed by atoms with Crippen LogP contribution in [0.3, 0.4) is 0 Å². The number of carbonyl (C=O) groups is 1. The van der Waals surface area contributed by atoms with Gasteiger partial charge in [0.2, 0.25) is 0 Å². The third-order valence-corrected chi connectivity index (χ3v) is 3.19. The van der Waals surface area contributed by atoms with Crippen LogP contribution in [0.15, 0.2) is 24.3 Å². The molecule has 0 aliphatic carbocycles. The highest BCUT2D eigenvalue weighted by atomic mass is 79.9. The van der Waals surface area contributed by atoms with Crippen molar-refractivity contribution >= 4 is 21.8 Å². The van der Waals surface area contributed by atoms with Gasteiger partial charge in [0.15, 0.2) is 0 Å². The van der Waals surface area contributed by atoms with Gasteiger partial charge in [-0.25, -0.2) is 0 Å². The topological polar surface area (TPSA) is 29.1 Å². The average Bonchev–Trinajstić information content (AvgIpc) is 2.28. The Balaban J connectivity index is 2.69. The van der Waals surface area contributed by atoms with E-state index >= 15 is 0 Å². The van der Waals surface area contributed by atoms with Crippen LogP contribution in [0.2, 0.25) is 0 Å². The van der Waals surface area contributed by atoms with E-state index in [4.69, 9.17) is 0 Å². The first kappa shape index (κ1) is 14.2. The van der Waals surface area contributed by atoms with E-state index in [0.29, 0.717) is 0 Å². The van der Waals surface area contributed by atoms with Crippen molar-refractivity contribution in [2.75, 3.05) is 5.33 Å². The van der Waals surface area contributed by atoms with E-state index in [2.05, 4.69) is 28.2 Å². The fourth-order valence-corrected chi connectivity index (χ4v) is 2.56. The van der Waals surface area contributed by atoms with Crippen LogP contribution in [0.25, 0.3) is 0 Å². The zero-order valence-electron chi connectivity index (χ0n) is 10.7. The molecule has 0 spiro atoms. The van der Waals surface area contributed by atoms with Crippen LogP contribution >= 0.6 is 15.9 Å². The predicted octanol–water partition coefficient (Wildman–Crippen LogP) is 3.54. The van der Waals surface area contributed by atoms with Gasteiger partial charge >= 0.3 is 0 Å². The van der Waals surface area contributed by atoms with Gasteiger partial charge in [0, 0.05) is 16.4 Å². The van der Waals surface area contributed by atoms with E-state index in [1.165, 1.54) is 5.56 Å². The minimum Gasteiger partial charge on any atom is -0.347 e. The molecule has 0 unspecified atom stereocenters. The van der Waals surface area contributed by atoms with E-state index < -0.39 is 0 Å². The number of rotatable bonds is 5. The molecule has 3 heteroatoms. The summed E-state index contributed by atoms with van der Waals surface area (Å²) in [5, 5.41) is 3.93. The number of amides is 1. The lowest BCUT2D eigenvalue weighted by Gasteiger charge is -2.25. The van der Waals surface area contributed by atoms with Crippen LogP contribution < -0.4 is 5.32 Å². The first-order valence-electron chi connectivity index (χ1n) is 5.96. The molecular weight excluding hydrogens is 278 g/mol. The number of alkyl halides is 1. The van der Waals surface area contributed by atoms with E-state index in [-0.39, 0.29) is 11.4 Å². The second-order valence-electron chi connectivity index (χ2n) is 4.83. The number of nitrogens with one attached hydrogen (secondary N) is 1. The smallest absolute Gasteiger partial charge is 0.251 e. The molecule has 1 aromatic carbocycles. The Bertz CT molecular complexity index is 370. The van der Waals surface area contributed by atoms with E-state index in [9.17, 15) is 4.79 Å². The number of halogens is 1. The molecule has 1 amide bonds. The van der Waals surface area contributed by atoms with Gasteiger partial charge in [0.25, 0.3) is 5.91 Å². The van der Waals surface area contributed by atoms with Gasteiger partial charge in [0.1, 0.15) is 0 Å². The monoisotopic (exact) mass is 297 g/mol.